The predicted octanol–water partition coefficient (Wildman–Crippen LogP) is 0.556. The number of aryl methyl sites for hydroxylation is 1. The van der Waals surface area contributed by atoms with Crippen LogP contribution in [0, 0.1) is 11.3 Å². The van der Waals surface area contributed by atoms with Crippen LogP contribution in [0.1, 0.15) is 32.0 Å². The number of aromatic nitrogens is 3. The van der Waals surface area contributed by atoms with E-state index in [0.717, 1.165) is 31.5 Å². The van der Waals surface area contributed by atoms with Crippen molar-refractivity contribution in [3.63, 3.8) is 0 Å². The highest BCUT2D eigenvalue weighted by Crippen LogP contribution is 2.45. The van der Waals surface area contributed by atoms with Crippen molar-refractivity contribution in [3.8, 4) is 0 Å². The van der Waals surface area contributed by atoms with Crippen molar-refractivity contribution in [2.75, 3.05) is 6.54 Å². The highest BCUT2D eigenvalue weighted by atomic mass is 32.1. The summed E-state index contributed by atoms with van der Waals surface area (Å²) in [7, 11) is 0. The molecule has 1 aromatic heterocycles. The van der Waals surface area contributed by atoms with Crippen LogP contribution in [0.2, 0.25) is 0 Å². The van der Waals surface area contributed by atoms with E-state index in [4.69, 9.17) is 18.0 Å². The average molecular weight is 281 g/mol. The number of amides is 1. The summed E-state index contributed by atoms with van der Waals surface area (Å²) >= 11 is 5.05. The molecular formula is C12H19N5OS. The fourth-order valence-corrected chi connectivity index (χ4v) is 2.87. The minimum atomic E-state index is -0.610. The Labute approximate surface area is 117 Å². The van der Waals surface area contributed by atoms with Gasteiger partial charge in [-0.25, -0.2) is 4.98 Å². The number of H-pyrrole nitrogens is 1. The van der Waals surface area contributed by atoms with Crippen molar-refractivity contribution in [3.05, 3.63) is 12.2 Å². The topological polar surface area (TPSA) is 96.7 Å². The normalized spacial score (nSPS) is 25.6. The smallest absolute Gasteiger partial charge is 0.233 e. The third kappa shape index (κ3) is 2.91. The molecule has 1 aliphatic rings. The van der Waals surface area contributed by atoms with E-state index in [1.54, 1.807) is 0 Å². The van der Waals surface area contributed by atoms with Gasteiger partial charge in [0.1, 0.15) is 12.2 Å². The maximum Gasteiger partial charge on any atom is 0.233 e. The first-order valence-corrected chi connectivity index (χ1v) is 6.88. The molecule has 0 spiro atoms. The Morgan fingerprint density at radius 3 is 2.95 bits per heavy atom. The Morgan fingerprint density at radius 1 is 1.68 bits per heavy atom. The fraction of sp³-hybridized carbons (Fsp3) is 0.667. The van der Waals surface area contributed by atoms with Gasteiger partial charge < -0.3 is 11.1 Å². The van der Waals surface area contributed by atoms with Crippen molar-refractivity contribution in [2.24, 2.45) is 17.1 Å². The zero-order chi connectivity index (χ0) is 13.9. The maximum absolute atomic E-state index is 12.2. The molecule has 2 rings (SSSR count). The maximum atomic E-state index is 12.2. The number of aromatic amines is 1. The second kappa shape index (κ2) is 5.64. The monoisotopic (exact) mass is 281 g/mol. The molecule has 1 saturated carbocycles. The number of carbonyl (C=O) groups excluding carboxylic acids is 1. The number of nitrogens with zero attached hydrogens (tertiary/aromatic N) is 2. The highest BCUT2D eigenvalue weighted by molar-refractivity contribution is 7.80. The number of nitrogens with one attached hydrogen (secondary N) is 2. The molecule has 1 heterocycles. The minimum Gasteiger partial charge on any atom is -0.392 e. The molecule has 1 aliphatic carbocycles. The van der Waals surface area contributed by atoms with Crippen LogP contribution in [0.4, 0.5) is 0 Å². The molecule has 0 bridgehead atoms. The summed E-state index contributed by atoms with van der Waals surface area (Å²) < 4.78 is 0. The van der Waals surface area contributed by atoms with Crippen molar-refractivity contribution < 1.29 is 4.79 Å². The molecule has 1 aromatic rings. The SMILES string of the molecule is CC1CC(C(=O)NCCCc2ncn[nH]2)(C(N)=S)C1. The van der Waals surface area contributed by atoms with E-state index in [2.05, 4.69) is 27.4 Å². The number of rotatable bonds is 6. The minimum absolute atomic E-state index is 0.0318. The van der Waals surface area contributed by atoms with E-state index < -0.39 is 5.41 Å². The summed E-state index contributed by atoms with van der Waals surface area (Å²) in [6.45, 7) is 2.70. The van der Waals surface area contributed by atoms with Crippen LogP contribution in [-0.2, 0) is 11.2 Å². The first-order valence-electron chi connectivity index (χ1n) is 6.47. The molecule has 4 N–H and O–H groups in total. The molecule has 1 fully saturated rings. The van der Waals surface area contributed by atoms with Crippen molar-refractivity contribution in [1.82, 2.24) is 20.5 Å². The Hall–Kier alpha value is -1.50. The Bertz CT molecular complexity index is 453. The number of nitrogens with two attached hydrogens (primary N) is 1. The van der Waals surface area contributed by atoms with Gasteiger partial charge in [-0.15, -0.1) is 0 Å². The van der Waals surface area contributed by atoms with Gasteiger partial charge >= 0.3 is 0 Å². The lowest BCUT2D eigenvalue weighted by Gasteiger charge is -2.44. The number of hydrogen-bond donors (Lipinski definition) is 3. The molecule has 0 saturated heterocycles. The number of hydrogen-bond acceptors (Lipinski definition) is 4. The van der Waals surface area contributed by atoms with Crippen LogP contribution in [0.5, 0.6) is 0 Å². The summed E-state index contributed by atoms with van der Waals surface area (Å²) in [5.41, 5.74) is 5.11. The summed E-state index contributed by atoms with van der Waals surface area (Å²) in [6, 6.07) is 0. The van der Waals surface area contributed by atoms with Gasteiger partial charge in [-0.05, 0) is 25.2 Å². The first kappa shape index (κ1) is 13.9. The van der Waals surface area contributed by atoms with Crippen molar-refractivity contribution in [2.45, 2.75) is 32.6 Å². The van der Waals surface area contributed by atoms with Crippen LogP contribution in [0.3, 0.4) is 0 Å². The second-order valence-electron chi connectivity index (χ2n) is 5.25. The van der Waals surface area contributed by atoms with Gasteiger partial charge in [0, 0.05) is 13.0 Å². The molecule has 0 aromatic carbocycles. The zero-order valence-electron chi connectivity index (χ0n) is 11.0. The van der Waals surface area contributed by atoms with Gasteiger partial charge in [-0.1, -0.05) is 19.1 Å². The van der Waals surface area contributed by atoms with Gasteiger partial charge in [-0.3, -0.25) is 9.89 Å². The second-order valence-corrected chi connectivity index (χ2v) is 5.69. The van der Waals surface area contributed by atoms with Crippen LogP contribution in [0.25, 0.3) is 0 Å². The van der Waals surface area contributed by atoms with Crippen LogP contribution in [0.15, 0.2) is 6.33 Å². The average Bonchev–Trinajstić information content (AvgIpc) is 2.82. The van der Waals surface area contributed by atoms with Gasteiger partial charge in [-0.2, -0.15) is 5.10 Å². The molecule has 6 nitrogen and oxygen atoms in total. The molecule has 104 valence electrons. The summed E-state index contributed by atoms with van der Waals surface area (Å²) in [5, 5.41) is 9.48. The Kier molecular flexibility index (Phi) is 4.14. The molecule has 0 radical (unpaired) electrons. The fourth-order valence-electron chi connectivity index (χ4n) is 2.61. The largest absolute Gasteiger partial charge is 0.392 e. The summed E-state index contributed by atoms with van der Waals surface area (Å²) in [6.07, 6.45) is 4.57. The summed E-state index contributed by atoms with van der Waals surface area (Å²) in [5.74, 6) is 1.31. The van der Waals surface area contributed by atoms with E-state index >= 15 is 0 Å². The number of thiocarbonyl (C=S) groups is 1. The third-order valence-electron chi connectivity index (χ3n) is 3.64. The van der Waals surface area contributed by atoms with Crippen LogP contribution < -0.4 is 11.1 Å². The zero-order valence-corrected chi connectivity index (χ0v) is 11.8. The van der Waals surface area contributed by atoms with Gasteiger partial charge in [0.05, 0.1) is 10.4 Å². The number of carbonyl (C=O) groups is 1. The predicted molar refractivity (Wildman–Crippen MR) is 75.3 cm³/mol. The lowest BCUT2D eigenvalue weighted by Crippen LogP contribution is -2.56. The Morgan fingerprint density at radius 2 is 2.42 bits per heavy atom. The molecule has 19 heavy (non-hydrogen) atoms. The van der Waals surface area contributed by atoms with Crippen molar-refractivity contribution >= 4 is 23.1 Å². The Balaban J connectivity index is 1.76. The highest BCUT2D eigenvalue weighted by Gasteiger charge is 2.50. The van der Waals surface area contributed by atoms with Crippen LogP contribution in [-0.4, -0.2) is 32.6 Å². The van der Waals surface area contributed by atoms with Crippen LogP contribution >= 0.6 is 12.2 Å². The quantitative estimate of drug-likeness (QED) is 0.523. The third-order valence-corrected chi connectivity index (χ3v) is 4.03. The van der Waals surface area contributed by atoms with E-state index in [0.29, 0.717) is 17.5 Å². The van der Waals surface area contributed by atoms with E-state index in [-0.39, 0.29) is 5.91 Å². The van der Waals surface area contributed by atoms with Crippen molar-refractivity contribution in [1.29, 1.82) is 0 Å². The standard InChI is InChI=1S/C12H19N5OS/c1-8-5-12(6-8,10(13)19)11(18)14-4-2-3-9-15-7-16-17-9/h7-8H,2-6H2,1H3,(H2,13,19)(H,14,18)(H,15,16,17). The molecule has 1 amide bonds. The van der Waals surface area contributed by atoms with E-state index in [1.165, 1.54) is 6.33 Å². The van der Waals surface area contributed by atoms with E-state index in [1.807, 2.05) is 0 Å². The summed E-state index contributed by atoms with van der Waals surface area (Å²) in [4.78, 5) is 16.5. The van der Waals surface area contributed by atoms with E-state index in [9.17, 15) is 4.79 Å². The lowest BCUT2D eigenvalue weighted by molar-refractivity contribution is -0.132. The van der Waals surface area contributed by atoms with Gasteiger partial charge in [0.2, 0.25) is 5.91 Å². The molecular weight excluding hydrogens is 262 g/mol. The molecule has 0 atom stereocenters. The lowest BCUT2D eigenvalue weighted by atomic mass is 9.62. The molecule has 0 unspecified atom stereocenters. The molecule has 0 aliphatic heterocycles. The van der Waals surface area contributed by atoms with Gasteiger partial charge in [0.25, 0.3) is 0 Å². The molecule has 7 heteroatoms. The van der Waals surface area contributed by atoms with Gasteiger partial charge in [0.15, 0.2) is 0 Å². The first-order chi connectivity index (χ1) is 9.04.